The number of rotatable bonds is 4. The maximum Gasteiger partial charge on any atom is 0.412 e. The molecule has 0 saturated carbocycles. The van der Waals surface area contributed by atoms with Gasteiger partial charge in [0.1, 0.15) is 0 Å². The highest BCUT2D eigenvalue weighted by atomic mass is 32.2. The van der Waals surface area contributed by atoms with Crippen molar-refractivity contribution in [2.45, 2.75) is 9.79 Å². The third kappa shape index (κ3) is 3.76. The molecule has 0 bridgehead atoms. The maximum absolute atomic E-state index is 10.8. The van der Waals surface area contributed by atoms with Crippen LogP contribution in [-0.4, -0.2) is 42.2 Å². The molecule has 0 radical (unpaired) electrons. The van der Waals surface area contributed by atoms with Crippen LogP contribution < -0.4 is 20.7 Å². The molecular formula is C18H19N5O2S. The first-order valence-corrected chi connectivity index (χ1v) is 9.20. The molecule has 1 amide bonds. The lowest BCUT2D eigenvalue weighted by molar-refractivity contribution is 0.207. The highest BCUT2D eigenvalue weighted by Gasteiger charge is 2.11. The van der Waals surface area contributed by atoms with E-state index in [0.29, 0.717) is 0 Å². The molecule has 1 saturated heterocycles. The number of aromatic amines is 1. The molecule has 8 heteroatoms. The van der Waals surface area contributed by atoms with Crippen LogP contribution in [-0.2, 0) is 0 Å². The summed E-state index contributed by atoms with van der Waals surface area (Å²) in [5.41, 5.74) is 7.79. The Morgan fingerprint density at radius 2 is 1.85 bits per heavy atom. The molecule has 1 aromatic heterocycles. The highest BCUT2D eigenvalue weighted by Crippen LogP contribution is 2.31. The van der Waals surface area contributed by atoms with Crippen LogP contribution in [0.15, 0.2) is 52.3 Å². The summed E-state index contributed by atoms with van der Waals surface area (Å²) >= 11 is 1.67. The van der Waals surface area contributed by atoms with Gasteiger partial charge in [-0.15, -0.1) is 0 Å². The van der Waals surface area contributed by atoms with Gasteiger partial charge in [-0.05, 0) is 42.5 Å². The summed E-state index contributed by atoms with van der Waals surface area (Å²) < 4.78 is 4.78. The van der Waals surface area contributed by atoms with Crippen LogP contribution in [0.25, 0.3) is 11.0 Å². The van der Waals surface area contributed by atoms with E-state index in [9.17, 15) is 4.79 Å². The quantitative estimate of drug-likeness (QED) is 0.654. The predicted molar refractivity (Wildman–Crippen MR) is 102 cm³/mol. The lowest BCUT2D eigenvalue weighted by Gasteiger charge is -2.29. The molecule has 26 heavy (non-hydrogen) atoms. The predicted octanol–water partition coefficient (Wildman–Crippen LogP) is 2.58. The van der Waals surface area contributed by atoms with Gasteiger partial charge in [-0.25, -0.2) is 4.79 Å². The Morgan fingerprint density at radius 3 is 2.58 bits per heavy atom. The van der Waals surface area contributed by atoms with E-state index in [1.165, 1.54) is 5.69 Å². The first-order chi connectivity index (χ1) is 12.7. The van der Waals surface area contributed by atoms with Crippen molar-refractivity contribution >= 4 is 34.6 Å². The van der Waals surface area contributed by atoms with E-state index in [4.69, 9.17) is 10.5 Å². The number of nitrogens with two attached hydrogens (primary N) is 1. The molecule has 7 nitrogen and oxygen atoms in total. The van der Waals surface area contributed by atoms with Gasteiger partial charge in [-0.3, -0.25) is 0 Å². The normalized spacial score (nSPS) is 14.5. The summed E-state index contributed by atoms with van der Waals surface area (Å²) in [5, 5.41) is 3.37. The molecule has 0 unspecified atom stereocenters. The van der Waals surface area contributed by atoms with Crippen LogP contribution in [0.1, 0.15) is 0 Å². The van der Waals surface area contributed by atoms with Gasteiger partial charge in [0.2, 0.25) is 0 Å². The van der Waals surface area contributed by atoms with E-state index in [1.807, 2.05) is 18.2 Å². The molecule has 4 N–H and O–H groups in total. The molecule has 0 aliphatic carbocycles. The molecule has 3 aromatic rings. The fourth-order valence-corrected chi connectivity index (χ4v) is 3.81. The van der Waals surface area contributed by atoms with Crippen molar-refractivity contribution in [1.82, 2.24) is 15.3 Å². The lowest BCUT2D eigenvalue weighted by Crippen LogP contribution is -2.43. The summed E-state index contributed by atoms with van der Waals surface area (Å²) in [6.07, 6.45) is -0.886. The first kappa shape index (κ1) is 16.7. The minimum atomic E-state index is -0.886. The van der Waals surface area contributed by atoms with E-state index in [-0.39, 0.29) is 6.01 Å². The van der Waals surface area contributed by atoms with Crippen LogP contribution in [0.2, 0.25) is 0 Å². The van der Waals surface area contributed by atoms with Crippen LogP contribution in [0.3, 0.4) is 0 Å². The second kappa shape index (κ2) is 7.27. The molecule has 4 rings (SSSR count). The molecule has 0 atom stereocenters. The molecule has 1 fully saturated rings. The number of fused-ring (bicyclic) bond motifs is 1. The minimum Gasteiger partial charge on any atom is -0.376 e. The van der Waals surface area contributed by atoms with Crippen molar-refractivity contribution in [1.29, 1.82) is 0 Å². The highest BCUT2D eigenvalue weighted by molar-refractivity contribution is 7.99. The number of nitrogens with zero attached hydrogens (tertiary/aromatic N) is 2. The number of piperazine rings is 1. The van der Waals surface area contributed by atoms with Gasteiger partial charge in [-0.1, -0.05) is 11.8 Å². The topological polar surface area (TPSA) is 96.3 Å². The molecule has 134 valence electrons. The number of nitrogens with one attached hydrogen (secondary N) is 2. The van der Waals surface area contributed by atoms with E-state index in [0.717, 1.165) is 47.0 Å². The summed E-state index contributed by atoms with van der Waals surface area (Å²) in [6.45, 7) is 4.14. The monoisotopic (exact) mass is 369 g/mol. The minimum absolute atomic E-state index is 0.107. The molecule has 0 spiro atoms. The summed E-state index contributed by atoms with van der Waals surface area (Å²) in [6, 6.07) is 14.6. The fourth-order valence-electron chi connectivity index (χ4n) is 2.96. The van der Waals surface area contributed by atoms with E-state index < -0.39 is 6.09 Å². The summed E-state index contributed by atoms with van der Waals surface area (Å²) in [7, 11) is 0. The van der Waals surface area contributed by atoms with Gasteiger partial charge < -0.3 is 25.7 Å². The van der Waals surface area contributed by atoms with Crippen LogP contribution in [0, 0.1) is 0 Å². The van der Waals surface area contributed by atoms with Crippen molar-refractivity contribution in [3.8, 4) is 6.01 Å². The number of hydrogen-bond donors (Lipinski definition) is 3. The summed E-state index contributed by atoms with van der Waals surface area (Å²) in [5.74, 6) is 0. The Labute approximate surface area is 154 Å². The average Bonchev–Trinajstić information content (AvgIpc) is 3.04. The number of carbonyl (C=O) groups is 1. The number of imidazole rings is 1. The molecular weight excluding hydrogens is 350 g/mol. The van der Waals surface area contributed by atoms with E-state index in [1.54, 1.807) is 11.8 Å². The molecule has 1 aliphatic rings. The number of ether oxygens (including phenoxy) is 1. The van der Waals surface area contributed by atoms with Crippen molar-refractivity contribution in [2.24, 2.45) is 5.73 Å². The lowest BCUT2D eigenvalue weighted by atomic mass is 10.2. The van der Waals surface area contributed by atoms with Crippen molar-refractivity contribution in [2.75, 3.05) is 31.1 Å². The Hall–Kier alpha value is -2.71. The SMILES string of the molecule is NC(=O)Oc1nc2ccc(Sc3ccc(N4CCNCC4)cc3)cc2[nH]1. The van der Waals surface area contributed by atoms with Crippen molar-refractivity contribution < 1.29 is 9.53 Å². The molecule has 1 aliphatic heterocycles. The van der Waals surface area contributed by atoms with Crippen LogP contribution >= 0.6 is 11.8 Å². The van der Waals surface area contributed by atoms with E-state index in [2.05, 4.69) is 44.5 Å². The second-order valence-electron chi connectivity index (χ2n) is 5.98. The maximum atomic E-state index is 10.8. The van der Waals surface area contributed by atoms with E-state index >= 15 is 0 Å². The van der Waals surface area contributed by atoms with Gasteiger partial charge in [0, 0.05) is 41.7 Å². The number of anilines is 1. The van der Waals surface area contributed by atoms with Crippen LogP contribution in [0.4, 0.5) is 10.5 Å². The molecule has 2 aromatic carbocycles. The number of primary amides is 1. The first-order valence-electron chi connectivity index (χ1n) is 8.38. The Morgan fingerprint density at radius 1 is 1.12 bits per heavy atom. The standard InChI is InChI=1S/C18H19N5O2S/c19-17(24)25-18-21-15-6-5-14(11-16(15)22-18)26-13-3-1-12(2-4-13)23-9-7-20-8-10-23/h1-6,11,20H,7-10H2,(H2,19,24)(H,21,22). The largest absolute Gasteiger partial charge is 0.412 e. The van der Waals surface area contributed by atoms with Crippen molar-refractivity contribution in [3.63, 3.8) is 0 Å². The van der Waals surface area contributed by atoms with Gasteiger partial charge in [0.15, 0.2) is 0 Å². The van der Waals surface area contributed by atoms with Crippen molar-refractivity contribution in [3.05, 3.63) is 42.5 Å². The van der Waals surface area contributed by atoms with Gasteiger partial charge in [0.05, 0.1) is 11.0 Å². The number of hydrogen-bond acceptors (Lipinski definition) is 6. The number of aromatic nitrogens is 2. The fraction of sp³-hybridized carbons (Fsp3) is 0.222. The zero-order valence-electron chi connectivity index (χ0n) is 14.1. The Kier molecular flexibility index (Phi) is 4.68. The van der Waals surface area contributed by atoms with Crippen LogP contribution in [0.5, 0.6) is 6.01 Å². The number of H-pyrrole nitrogens is 1. The molecule has 2 heterocycles. The summed E-state index contributed by atoms with van der Waals surface area (Å²) in [4.78, 5) is 22.6. The van der Waals surface area contributed by atoms with Gasteiger partial charge >= 0.3 is 12.1 Å². The van der Waals surface area contributed by atoms with Gasteiger partial charge in [0.25, 0.3) is 0 Å². The average molecular weight is 369 g/mol. The smallest absolute Gasteiger partial charge is 0.376 e. The third-order valence-electron chi connectivity index (χ3n) is 4.18. The second-order valence-corrected chi connectivity index (χ2v) is 7.12. The number of carbonyl (C=O) groups excluding carboxylic acids is 1. The number of benzene rings is 2. The van der Waals surface area contributed by atoms with Gasteiger partial charge in [-0.2, -0.15) is 4.98 Å². The Balaban J connectivity index is 1.48. The zero-order valence-corrected chi connectivity index (χ0v) is 14.9. The number of amides is 1. The Bertz CT molecular complexity index is 919. The zero-order chi connectivity index (χ0) is 17.9. The third-order valence-corrected chi connectivity index (χ3v) is 5.18.